The smallest absolute Gasteiger partial charge is 0.309 e. The molecule has 0 heterocycles. The van der Waals surface area contributed by atoms with Gasteiger partial charge in [-0.1, -0.05) is 24.3 Å². The Morgan fingerprint density at radius 2 is 0.909 bits per heavy atom. The number of aliphatic hydroxyl groups excluding tert-OH is 2. The molecule has 6 heteroatoms. The van der Waals surface area contributed by atoms with E-state index in [1.165, 1.54) is 0 Å². The van der Waals surface area contributed by atoms with E-state index in [-0.39, 0.29) is 0 Å². The van der Waals surface area contributed by atoms with Crippen molar-refractivity contribution in [2.45, 2.75) is 97.7 Å². The van der Waals surface area contributed by atoms with Crippen LogP contribution in [0.25, 0.3) is 0 Å². The molecule has 2 rings (SSSR count). The van der Waals surface area contributed by atoms with E-state index in [1.54, 1.807) is 27.7 Å². The van der Waals surface area contributed by atoms with Gasteiger partial charge in [-0.05, 0) is 108 Å². The zero-order valence-corrected chi connectivity index (χ0v) is 20.4. The number of carboxylic acids is 2. The quantitative estimate of drug-likeness (QED) is 0.284. The number of carbonyl (C=O) groups is 2. The van der Waals surface area contributed by atoms with Gasteiger partial charge in [-0.15, -0.1) is 0 Å². The van der Waals surface area contributed by atoms with Gasteiger partial charge in [0.1, 0.15) is 0 Å². The van der Waals surface area contributed by atoms with Gasteiger partial charge >= 0.3 is 11.9 Å². The molecule has 2 unspecified atom stereocenters. The van der Waals surface area contributed by atoms with Crippen LogP contribution in [0.5, 0.6) is 0 Å². The Hall–Kier alpha value is -2.18. The number of aliphatic hydroxyl groups is 2. The molecule has 0 fully saturated rings. The zero-order chi connectivity index (χ0) is 24.8. The van der Waals surface area contributed by atoms with Crippen LogP contribution < -0.4 is 0 Å². The predicted octanol–water partition coefficient (Wildman–Crippen LogP) is 5.17. The summed E-state index contributed by atoms with van der Waals surface area (Å²) in [7, 11) is 0. The fraction of sp³-hybridized carbons (Fsp3) is 0.630. The largest absolute Gasteiger partial charge is 0.481 e. The molecule has 0 amide bonds. The first-order valence-electron chi connectivity index (χ1n) is 12.0. The van der Waals surface area contributed by atoms with Gasteiger partial charge in [0.05, 0.1) is 23.0 Å². The molecule has 6 nitrogen and oxygen atoms in total. The number of allylic oxidation sites excluding steroid dienone is 4. The van der Waals surface area contributed by atoms with Crippen LogP contribution in [0.1, 0.15) is 85.5 Å². The normalized spacial score (nSPS) is 20.9. The Morgan fingerprint density at radius 3 is 1.18 bits per heavy atom. The van der Waals surface area contributed by atoms with Crippen LogP contribution in [0.2, 0.25) is 0 Å². The van der Waals surface area contributed by atoms with Gasteiger partial charge in [-0.25, -0.2) is 0 Å². The van der Waals surface area contributed by atoms with Gasteiger partial charge in [-0.2, -0.15) is 0 Å². The van der Waals surface area contributed by atoms with E-state index < -0.39 is 35.0 Å². The van der Waals surface area contributed by atoms with Gasteiger partial charge in [-0.3, -0.25) is 9.59 Å². The van der Waals surface area contributed by atoms with E-state index in [4.69, 9.17) is 0 Å². The van der Waals surface area contributed by atoms with Crippen molar-refractivity contribution in [3.8, 4) is 0 Å². The highest BCUT2D eigenvalue weighted by Crippen LogP contribution is 2.33. The van der Waals surface area contributed by atoms with Gasteiger partial charge < -0.3 is 20.4 Å². The number of hydrogen-bond acceptors (Lipinski definition) is 4. The van der Waals surface area contributed by atoms with E-state index in [0.717, 1.165) is 54.4 Å². The molecule has 0 radical (unpaired) electrons. The van der Waals surface area contributed by atoms with Gasteiger partial charge in [0.2, 0.25) is 0 Å². The minimum atomic E-state index is -0.799. The molecule has 0 aromatic rings. The summed E-state index contributed by atoms with van der Waals surface area (Å²) in [6, 6.07) is 0. The minimum Gasteiger partial charge on any atom is -0.481 e. The molecule has 0 aromatic carbocycles. The second-order valence-electron chi connectivity index (χ2n) is 10.7. The van der Waals surface area contributed by atoms with Crippen molar-refractivity contribution in [3.05, 3.63) is 46.6 Å². The van der Waals surface area contributed by atoms with Crippen molar-refractivity contribution in [3.63, 3.8) is 0 Å². The van der Waals surface area contributed by atoms with Gasteiger partial charge in [0.15, 0.2) is 0 Å². The van der Waals surface area contributed by atoms with E-state index in [0.29, 0.717) is 25.7 Å². The van der Waals surface area contributed by atoms with E-state index in [1.807, 2.05) is 24.3 Å². The fourth-order valence-corrected chi connectivity index (χ4v) is 4.33. The highest BCUT2D eigenvalue weighted by atomic mass is 16.4. The molecule has 0 saturated carbocycles. The van der Waals surface area contributed by atoms with Crippen LogP contribution in [0.4, 0.5) is 0 Å². The molecule has 2 aliphatic carbocycles. The maximum Gasteiger partial charge on any atom is 0.309 e. The van der Waals surface area contributed by atoms with Crippen molar-refractivity contribution in [2.24, 2.45) is 10.8 Å². The standard InChI is InChI=1S/C27H40O6/c1-26(2,24(30)31)16-6-10-20-14-12-18(22(20)28)8-5-9-19-13-15-21(23(19)29)11-7-17-27(3,4)25(32)33/h12-15,22-23,28-29H,5-11,16-17H2,1-4H3,(H,30,31)(H,32,33). The van der Waals surface area contributed by atoms with Crippen LogP contribution in [0, 0.1) is 10.8 Å². The summed E-state index contributed by atoms with van der Waals surface area (Å²) in [6.07, 6.45) is 12.9. The van der Waals surface area contributed by atoms with Crippen LogP contribution >= 0.6 is 0 Å². The number of carboxylic acid groups (broad SMARTS) is 2. The number of rotatable bonds is 14. The van der Waals surface area contributed by atoms with Crippen molar-refractivity contribution >= 4 is 11.9 Å². The van der Waals surface area contributed by atoms with Crippen molar-refractivity contribution < 1.29 is 30.0 Å². The molecule has 0 spiro atoms. The van der Waals surface area contributed by atoms with Crippen LogP contribution in [0.15, 0.2) is 46.6 Å². The molecule has 0 bridgehead atoms. The Morgan fingerprint density at radius 1 is 0.636 bits per heavy atom. The molecule has 4 N–H and O–H groups in total. The number of aliphatic carboxylic acids is 2. The lowest BCUT2D eigenvalue weighted by atomic mass is 9.86. The summed E-state index contributed by atoms with van der Waals surface area (Å²) < 4.78 is 0. The Bertz CT molecular complexity index is 786. The highest BCUT2D eigenvalue weighted by Gasteiger charge is 2.29. The molecule has 0 aromatic heterocycles. The zero-order valence-electron chi connectivity index (χ0n) is 20.4. The van der Waals surface area contributed by atoms with Crippen LogP contribution in [-0.2, 0) is 9.59 Å². The third-order valence-corrected chi connectivity index (χ3v) is 7.05. The molecule has 0 saturated heterocycles. The molecule has 2 aliphatic rings. The van der Waals surface area contributed by atoms with E-state index in [2.05, 4.69) is 0 Å². The lowest BCUT2D eigenvalue weighted by molar-refractivity contribution is -0.148. The maximum absolute atomic E-state index is 11.2. The summed E-state index contributed by atoms with van der Waals surface area (Å²) in [5.74, 6) is -1.60. The lowest BCUT2D eigenvalue weighted by Gasteiger charge is -2.20. The van der Waals surface area contributed by atoms with Crippen molar-refractivity contribution in [1.29, 1.82) is 0 Å². The SMILES string of the molecule is CC(C)(CCCC1=CC=C(CCCC2=CC=C(CCCC(C)(C)C(=O)O)C2O)C1O)C(=O)O. The summed E-state index contributed by atoms with van der Waals surface area (Å²) in [4.78, 5) is 22.5. The molecule has 0 aliphatic heterocycles. The van der Waals surface area contributed by atoms with Gasteiger partial charge in [0.25, 0.3) is 0 Å². The molecular weight excluding hydrogens is 420 g/mol. The fourth-order valence-electron chi connectivity index (χ4n) is 4.33. The number of hydrogen-bond donors (Lipinski definition) is 4. The Balaban J connectivity index is 1.68. The first-order valence-corrected chi connectivity index (χ1v) is 12.0. The third-order valence-electron chi connectivity index (χ3n) is 7.05. The summed E-state index contributed by atoms with van der Waals surface area (Å²) >= 11 is 0. The molecule has 33 heavy (non-hydrogen) atoms. The van der Waals surface area contributed by atoms with Crippen molar-refractivity contribution in [1.82, 2.24) is 0 Å². The molecule has 184 valence electrons. The Labute approximate surface area is 197 Å². The second kappa shape index (κ2) is 11.3. The monoisotopic (exact) mass is 460 g/mol. The summed E-state index contributed by atoms with van der Waals surface area (Å²) in [5.41, 5.74) is 2.32. The van der Waals surface area contributed by atoms with Crippen molar-refractivity contribution in [2.75, 3.05) is 0 Å². The maximum atomic E-state index is 11.2. The predicted molar refractivity (Wildman–Crippen MR) is 129 cm³/mol. The lowest BCUT2D eigenvalue weighted by Crippen LogP contribution is -2.23. The van der Waals surface area contributed by atoms with E-state index >= 15 is 0 Å². The average Bonchev–Trinajstić information content (AvgIpc) is 3.25. The minimum absolute atomic E-state index is 0.566. The first-order chi connectivity index (χ1) is 15.3. The van der Waals surface area contributed by atoms with Crippen LogP contribution in [-0.4, -0.2) is 44.6 Å². The molecular formula is C27H40O6. The first kappa shape index (κ1) is 27.1. The summed E-state index contributed by atoms with van der Waals surface area (Å²) in [6.45, 7) is 6.90. The van der Waals surface area contributed by atoms with Gasteiger partial charge in [0, 0.05) is 0 Å². The third kappa shape index (κ3) is 7.41. The molecule has 2 atom stereocenters. The average molecular weight is 461 g/mol. The van der Waals surface area contributed by atoms with E-state index in [9.17, 15) is 30.0 Å². The summed E-state index contributed by atoms with van der Waals surface area (Å²) in [5, 5.41) is 39.7. The second-order valence-corrected chi connectivity index (χ2v) is 10.7. The highest BCUT2D eigenvalue weighted by molar-refractivity contribution is 5.73. The van der Waals surface area contributed by atoms with Crippen LogP contribution in [0.3, 0.4) is 0 Å². The Kier molecular flexibility index (Phi) is 9.27. The topological polar surface area (TPSA) is 115 Å².